The average molecular weight is 789 g/mol. The van der Waals surface area contributed by atoms with Gasteiger partial charge in [0.25, 0.3) is 5.69 Å². The van der Waals surface area contributed by atoms with Crippen molar-refractivity contribution in [2.45, 2.75) is 96.0 Å². The van der Waals surface area contributed by atoms with Crippen LogP contribution in [0.2, 0.25) is 0 Å². The summed E-state index contributed by atoms with van der Waals surface area (Å²) in [6.45, 7) is 13.6. The number of nitrogens with one attached hydrogen (secondary N) is 1. The Morgan fingerprint density at radius 3 is 2.46 bits per heavy atom. The van der Waals surface area contributed by atoms with Gasteiger partial charge in [0.2, 0.25) is 5.79 Å². The number of fused-ring (bicyclic) bond motifs is 2. The third-order valence-corrected chi connectivity index (χ3v) is 11.2. The number of hydrogen-bond acceptors (Lipinski definition) is 10. The van der Waals surface area contributed by atoms with E-state index in [9.17, 15) is 25.1 Å². The van der Waals surface area contributed by atoms with Crippen molar-refractivity contribution in [2.75, 3.05) is 39.5 Å². The van der Waals surface area contributed by atoms with E-state index in [1.807, 2.05) is 30.9 Å². The van der Waals surface area contributed by atoms with Crippen molar-refractivity contribution in [3.8, 4) is 11.5 Å². The predicted molar refractivity (Wildman–Crippen MR) is 219 cm³/mol. The van der Waals surface area contributed by atoms with E-state index < -0.39 is 22.7 Å². The molecule has 0 radical (unpaired) electrons. The maximum absolute atomic E-state index is 14.2. The van der Waals surface area contributed by atoms with Crippen LogP contribution in [0.15, 0.2) is 84.6 Å². The van der Waals surface area contributed by atoms with Gasteiger partial charge in [-0.1, -0.05) is 56.7 Å². The summed E-state index contributed by atoms with van der Waals surface area (Å²) in [5.74, 6) is -0.522. The zero-order valence-electron chi connectivity index (χ0n) is 33.5. The molecule has 0 unspecified atom stereocenters. The van der Waals surface area contributed by atoms with Crippen LogP contribution < -0.4 is 14.8 Å². The molecule has 1 heterocycles. The zero-order valence-corrected chi connectivity index (χ0v) is 33.5. The summed E-state index contributed by atoms with van der Waals surface area (Å²) in [4.78, 5) is 33.0. The number of aliphatic hydroxyl groups excluding tert-OH is 2. The van der Waals surface area contributed by atoms with Crippen molar-refractivity contribution in [1.82, 2.24) is 10.2 Å². The number of carbonyl (C=O) groups excluding carboxylic acids is 1. The number of oxime groups is 1. The highest BCUT2D eigenvalue weighted by atomic mass is 16.7. The summed E-state index contributed by atoms with van der Waals surface area (Å²) in [5.41, 5.74) is 3.27. The molecule has 0 spiro atoms. The average Bonchev–Trinajstić information content (AvgIpc) is 3.22. The number of nitro benzene ring substituents is 1. The minimum atomic E-state index is -1.36. The number of benzene rings is 2. The van der Waals surface area contributed by atoms with Gasteiger partial charge >= 0.3 is 6.03 Å². The lowest BCUT2D eigenvalue weighted by Crippen LogP contribution is -2.70. The second-order valence-corrected chi connectivity index (χ2v) is 15.0. The van der Waals surface area contributed by atoms with E-state index in [0.717, 1.165) is 48.8 Å². The molecule has 310 valence electrons. The second-order valence-electron chi connectivity index (χ2n) is 15.0. The summed E-state index contributed by atoms with van der Waals surface area (Å²) < 4.78 is 20.3. The number of nitrogens with zero attached hydrogens (tertiary/aromatic N) is 3. The maximum atomic E-state index is 14.2. The molecule has 3 aliphatic rings. The van der Waals surface area contributed by atoms with Gasteiger partial charge in [0, 0.05) is 56.3 Å². The fraction of sp³-hybridized carbons (Fsp3) is 0.545. The number of nitro groups is 1. The Hall–Kier alpha value is -4.72. The number of urea groups is 1. The Balaban J connectivity index is 1.74. The number of aliphatic hydroxyl groups is 2. The molecule has 13 heteroatoms. The molecule has 6 atom stereocenters. The molecule has 5 rings (SSSR count). The molecule has 57 heavy (non-hydrogen) atoms. The van der Waals surface area contributed by atoms with E-state index in [0.29, 0.717) is 56.2 Å². The Bertz CT molecular complexity index is 1730. The number of amides is 2. The van der Waals surface area contributed by atoms with Crippen molar-refractivity contribution in [3.05, 3.63) is 101 Å². The number of non-ortho nitro benzene ring substituents is 1. The van der Waals surface area contributed by atoms with Gasteiger partial charge in [-0.15, -0.1) is 6.58 Å². The molecule has 13 nitrogen and oxygen atoms in total. The van der Waals surface area contributed by atoms with Gasteiger partial charge in [-0.25, -0.2) is 4.79 Å². The van der Waals surface area contributed by atoms with E-state index in [1.54, 1.807) is 24.3 Å². The maximum Gasteiger partial charge on any atom is 0.317 e. The first-order valence-corrected chi connectivity index (χ1v) is 20.5. The van der Waals surface area contributed by atoms with Gasteiger partial charge in [-0.3, -0.25) is 10.1 Å². The highest BCUT2D eigenvalue weighted by molar-refractivity contribution is 6.03. The molecule has 3 N–H and O–H groups in total. The molecule has 1 fully saturated rings. The topological polar surface area (TPSA) is 165 Å². The molecule has 2 aromatic carbocycles. The highest BCUT2D eigenvalue weighted by Gasteiger charge is 2.65. The standard InChI is InChI=1S/C44H60N4O9/c1-5-21-45-43(51)47(22-6-2)40-29-38(46-56-30-31-15-17-33(18-16-31)48(52)53)36-27-32(13-9-11-23-49)35(14-10-12-24-50)41-37-28-34(54-25-7-3)19-20-39(37)57-44(40,42(36)41)55-26-8-4/h7-8,15-20,27-28,32,35,40-42,49-50H,3-6,9-14,21-26,29-30H2,1-2H3,(H,45,51)/t32-,35+,40-,41+,42+,44+/m0/s1. The lowest BCUT2D eigenvalue weighted by molar-refractivity contribution is -0.384. The quantitative estimate of drug-likeness (QED) is 0.0441. The fourth-order valence-electron chi connectivity index (χ4n) is 8.77. The van der Waals surface area contributed by atoms with Crippen LogP contribution in [-0.4, -0.2) is 83.1 Å². The molecule has 1 aliphatic heterocycles. The van der Waals surface area contributed by atoms with Gasteiger partial charge in [-0.05, 0) is 91.8 Å². The van der Waals surface area contributed by atoms with Gasteiger partial charge in [0.1, 0.15) is 30.8 Å². The van der Waals surface area contributed by atoms with Gasteiger partial charge in [-0.2, -0.15) is 0 Å². The Morgan fingerprint density at radius 1 is 1.05 bits per heavy atom. The molecular weight excluding hydrogens is 729 g/mol. The molecule has 0 bridgehead atoms. The van der Waals surface area contributed by atoms with Crippen molar-refractivity contribution < 1.29 is 39.0 Å². The molecule has 0 aromatic heterocycles. The van der Waals surface area contributed by atoms with E-state index >= 15 is 0 Å². The van der Waals surface area contributed by atoms with Crippen LogP contribution in [-0.2, 0) is 16.2 Å². The van der Waals surface area contributed by atoms with Crippen molar-refractivity contribution in [3.63, 3.8) is 0 Å². The van der Waals surface area contributed by atoms with E-state index in [2.05, 4.69) is 30.6 Å². The summed E-state index contributed by atoms with van der Waals surface area (Å²) in [6.07, 6.45) is 12.0. The third kappa shape index (κ3) is 10.1. The number of ether oxygens (including phenoxy) is 3. The minimum absolute atomic E-state index is 0.0109. The molecule has 1 saturated carbocycles. The van der Waals surface area contributed by atoms with Crippen LogP contribution in [0.4, 0.5) is 10.5 Å². The van der Waals surface area contributed by atoms with Gasteiger partial charge in [0.15, 0.2) is 0 Å². The summed E-state index contributed by atoms with van der Waals surface area (Å²) in [5, 5.41) is 38.9. The summed E-state index contributed by atoms with van der Waals surface area (Å²) in [6, 6.07) is 11.2. The summed E-state index contributed by atoms with van der Waals surface area (Å²) >= 11 is 0. The van der Waals surface area contributed by atoms with Crippen LogP contribution in [0.25, 0.3) is 0 Å². The molecule has 2 amide bonds. The Kier molecular flexibility index (Phi) is 16.1. The normalized spacial score (nSPS) is 24.0. The summed E-state index contributed by atoms with van der Waals surface area (Å²) in [7, 11) is 0. The van der Waals surface area contributed by atoms with E-state index in [4.69, 9.17) is 24.2 Å². The van der Waals surface area contributed by atoms with Gasteiger partial charge < -0.3 is 39.5 Å². The fourth-order valence-corrected chi connectivity index (χ4v) is 8.77. The van der Waals surface area contributed by atoms with E-state index in [-0.39, 0.29) is 62.3 Å². The van der Waals surface area contributed by atoms with Crippen molar-refractivity contribution >= 4 is 17.4 Å². The number of carbonyl (C=O) groups is 1. The number of rotatable bonds is 23. The lowest BCUT2D eigenvalue weighted by Gasteiger charge is -2.60. The second kappa shape index (κ2) is 21.2. The number of hydrogen-bond donors (Lipinski definition) is 3. The molecule has 2 aromatic rings. The molecule has 0 saturated heterocycles. The SMILES string of the molecule is C=CCOc1ccc2c(c1)[C@H]1[C@H](CCCCO)[C@@H](CCCCO)C=C3C(=NOCc4ccc([N+](=O)[O-])cc4)C[C@H](N(CCC)C(=O)NCCC)[C@@](OCC=C)(O2)[C@H]31. The Morgan fingerprint density at radius 2 is 1.79 bits per heavy atom. The highest BCUT2D eigenvalue weighted by Crippen LogP contribution is 2.62. The third-order valence-electron chi connectivity index (χ3n) is 11.2. The number of allylic oxidation sites excluding steroid dienone is 1. The van der Waals surface area contributed by atoms with Crippen LogP contribution in [0.3, 0.4) is 0 Å². The monoisotopic (exact) mass is 788 g/mol. The van der Waals surface area contributed by atoms with Crippen LogP contribution in [0.1, 0.15) is 88.7 Å². The van der Waals surface area contributed by atoms with Crippen molar-refractivity contribution in [2.24, 2.45) is 22.9 Å². The first-order valence-electron chi connectivity index (χ1n) is 20.5. The zero-order chi connectivity index (χ0) is 40.8. The van der Waals surface area contributed by atoms with Crippen LogP contribution in [0.5, 0.6) is 11.5 Å². The first kappa shape index (κ1) is 43.4. The lowest BCUT2D eigenvalue weighted by atomic mass is 9.55. The van der Waals surface area contributed by atoms with E-state index in [1.165, 1.54) is 12.1 Å². The smallest absolute Gasteiger partial charge is 0.317 e. The van der Waals surface area contributed by atoms with Crippen LogP contribution >= 0.6 is 0 Å². The molecular formula is C44H60N4O9. The molecule has 2 aliphatic carbocycles. The largest absolute Gasteiger partial charge is 0.490 e. The van der Waals surface area contributed by atoms with Crippen molar-refractivity contribution in [1.29, 1.82) is 0 Å². The minimum Gasteiger partial charge on any atom is -0.490 e. The van der Waals surface area contributed by atoms with Gasteiger partial charge in [0.05, 0.1) is 23.2 Å². The Labute approximate surface area is 336 Å². The van der Waals surface area contributed by atoms with Crippen LogP contribution in [0, 0.1) is 27.9 Å². The number of unbranched alkanes of at least 4 members (excludes halogenated alkanes) is 2. The predicted octanol–water partition coefficient (Wildman–Crippen LogP) is 7.83. The first-order chi connectivity index (χ1) is 27.8.